The van der Waals surface area contributed by atoms with Gasteiger partial charge in [0.1, 0.15) is 0 Å². The highest BCUT2D eigenvalue weighted by Gasteiger charge is 2.15. The molecule has 0 N–H and O–H groups in total. The van der Waals surface area contributed by atoms with Crippen molar-refractivity contribution < 1.29 is 4.79 Å². The number of aryl methyl sites for hydroxylation is 1. The second kappa shape index (κ2) is 7.87. The summed E-state index contributed by atoms with van der Waals surface area (Å²) in [6.07, 6.45) is 1.55. The van der Waals surface area contributed by atoms with E-state index >= 15 is 0 Å². The number of alkyl halides is 1. The number of carbonyl (C=O) groups excluding carboxylic acids is 1. The molecule has 30 heavy (non-hydrogen) atoms. The van der Waals surface area contributed by atoms with E-state index in [-0.39, 0.29) is 11.3 Å². The van der Waals surface area contributed by atoms with Gasteiger partial charge in [-0.25, -0.2) is 9.78 Å². The highest BCUT2D eigenvalue weighted by molar-refractivity contribution is 9.08. The summed E-state index contributed by atoms with van der Waals surface area (Å²) in [5.74, 6) is -0.0420. The van der Waals surface area contributed by atoms with Gasteiger partial charge in [0.25, 0.3) is 5.56 Å². The van der Waals surface area contributed by atoms with Crippen molar-refractivity contribution in [3.63, 3.8) is 0 Å². The first-order chi connectivity index (χ1) is 14.4. The van der Waals surface area contributed by atoms with Crippen molar-refractivity contribution >= 4 is 32.9 Å². The zero-order chi connectivity index (χ0) is 21.4. The average molecular weight is 467 g/mol. The van der Waals surface area contributed by atoms with Crippen molar-refractivity contribution in [1.82, 2.24) is 18.7 Å². The van der Waals surface area contributed by atoms with E-state index in [0.29, 0.717) is 28.8 Å². The third kappa shape index (κ3) is 3.43. The Labute approximate surface area is 180 Å². The van der Waals surface area contributed by atoms with Crippen LogP contribution in [-0.4, -0.2) is 24.5 Å². The van der Waals surface area contributed by atoms with Crippen molar-refractivity contribution in [3.05, 3.63) is 98.0 Å². The number of fused-ring (bicyclic) bond motifs is 1. The largest absolute Gasteiger partial charge is 0.332 e. The first kappa shape index (κ1) is 20.0. The van der Waals surface area contributed by atoms with Crippen molar-refractivity contribution in [2.75, 3.05) is 0 Å². The van der Waals surface area contributed by atoms with Crippen LogP contribution in [0.15, 0.2) is 64.4 Å². The Bertz CT molecular complexity index is 1360. The Morgan fingerprint density at radius 3 is 2.03 bits per heavy atom. The van der Waals surface area contributed by atoms with Crippen LogP contribution in [0.1, 0.15) is 27.0 Å². The third-order valence-electron chi connectivity index (χ3n) is 5.16. The zero-order valence-electron chi connectivity index (χ0n) is 16.5. The van der Waals surface area contributed by atoms with Gasteiger partial charge in [-0.2, -0.15) is 0 Å². The van der Waals surface area contributed by atoms with E-state index in [1.807, 2.05) is 36.4 Å². The molecule has 0 spiro atoms. The van der Waals surface area contributed by atoms with Crippen LogP contribution in [-0.2, 0) is 26.0 Å². The highest BCUT2D eigenvalue weighted by atomic mass is 79.9. The number of rotatable bonds is 5. The lowest BCUT2D eigenvalue weighted by Gasteiger charge is -2.08. The number of aromatic nitrogens is 4. The minimum Gasteiger partial charge on any atom is -0.320 e. The van der Waals surface area contributed by atoms with E-state index in [2.05, 4.69) is 20.9 Å². The molecule has 0 atom stereocenters. The summed E-state index contributed by atoms with van der Waals surface area (Å²) < 4.78 is 4.14. The van der Waals surface area contributed by atoms with Crippen LogP contribution in [0.4, 0.5) is 0 Å². The number of benzene rings is 2. The summed E-state index contributed by atoms with van der Waals surface area (Å²) in [5.41, 5.74) is 3.17. The average Bonchev–Trinajstić information content (AvgIpc) is 3.20. The smallest absolute Gasteiger partial charge is 0.320 e. The van der Waals surface area contributed by atoms with Crippen molar-refractivity contribution in [3.8, 4) is 0 Å². The van der Waals surface area contributed by atoms with Gasteiger partial charge < -0.3 is 4.57 Å². The van der Waals surface area contributed by atoms with Crippen LogP contribution >= 0.6 is 15.9 Å². The van der Waals surface area contributed by atoms with E-state index in [4.69, 9.17) is 0 Å². The van der Waals surface area contributed by atoms with Gasteiger partial charge in [0.05, 0.1) is 6.33 Å². The molecule has 0 saturated heterocycles. The number of ketones is 1. The highest BCUT2D eigenvalue weighted by Crippen LogP contribution is 2.15. The molecule has 0 bridgehead atoms. The summed E-state index contributed by atoms with van der Waals surface area (Å²) in [5, 5.41) is 0.746. The number of hydrogen-bond acceptors (Lipinski definition) is 4. The van der Waals surface area contributed by atoms with Crippen molar-refractivity contribution in [1.29, 1.82) is 0 Å². The summed E-state index contributed by atoms with van der Waals surface area (Å²) in [6, 6.07) is 14.8. The Morgan fingerprint density at radius 2 is 1.47 bits per heavy atom. The molecule has 0 aliphatic rings. The number of nitrogens with zero attached hydrogens (tertiary/aromatic N) is 4. The zero-order valence-corrected chi connectivity index (χ0v) is 18.1. The third-order valence-corrected chi connectivity index (χ3v) is 5.80. The molecule has 0 saturated carbocycles. The summed E-state index contributed by atoms with van der Waals surface area (Å²) >= 11 is 3.40. The summed E-state index contributed by atoms with van der Waals surface area (Å²) in [4.78, 5) is 41.6. The molecule has 152 valence electrons. The minimum absolute atomic E-state index is 0.0420. The fraction of sp³-hybridized carbons (Fsp3) is 0.182. The molecule has 2 aromatic heterocycles. The van der Waals surface area contributed by atoms with Gasteiger partial charge >= 0.3 is 5.69 Å². The quantitative estimate of drug-likeness (QED) is 0.334. The molecule has 2 aromatic carbocycles. The maximum Gasteiger partial charge on any atom is 0.332 e. The standard InChI is InChI=1S/C22H19BrN4O3/c1-25-20-18(21(29)26(2)22(25)30)27(13-24-20)12-15-5-9-17(10-6-15)19(28)16-7-3-14(11-23)4-8-16/h3-10,13H,11-12H2,1-2H3. The Morgan fingerprint density at radius 1 is 0.900 bits per heavy atom. The molecule has 2 heterocycles. The summed E-state index contributed by atoms with van der Waals surface area (Å²) in [6.45, 7) is 0.401. The minimum atomic E-state index is -0.412. The molecule has 0 fully saturated rings. The van der Waals surface area contributed by atoms with Crippen LogP contribution in [0, 0.1) is 0 Å². The normalized spacial score (nSPS) is 11.2. The molecule has 0 amide bonds. The Hall–Kier alpha value is -3.26. The molecule has 4 rings (SSSR count). The lowest BCUT2D eigenvalue weighted by atomic mass is 10.0. The Kier molecular flexibility index (Phi) is 5.26. The van der Waals surface area contributed by atoms with Crippen LogP contribution in [0.2, 0.25) is 0 Å². The lowest BCUT2D eigenvalue weighted by molar-refractivity contribution is 0.103. The number of imidazole rings is 1. The van der Waals surface area contributed by atoms with Gasteiger partial charge in [0.15, 0.2) is 16.9 Å². The second-order valence-electron chi connectivity index (χ2n) is 7.11. The number of hydrogen-bond donors (Lipinski definition) is 0. The van der Waals surface area contributed by atoms with Crippen LogP contribution < -0.4 is 11.2 Å². The van der Waals surface area contributed by atoms with E-state index in [0.717, 1.165) is 21.0 Å². The molecule has 7 nitrogen and oxygen atoms in total. The predicted octanol–water partition coefficient (Wildman–Crippen LogP) is 2.61. The van der Waals surface area contributed by atoms with E-state index < -0.39 is 5.69 Å². The molecular formula is C22H19BrN4O3. The number of halogens is 1. The van der Waals surface area contributed by atoms with Gasteiger partial charge in [-0.05, 0) is 11.1 Å². The van der Waals surface area contributed by atoms with Crippen LogP contribution in [0.5, 0.6) is 0 Å². The second-order valence-corrected chi connectivity index (χ2v) is 7.67. The maximum absolute atomic E-state index is 12.7. The summed E-state index contributed by atoms with van der Waals surface area (Å²) in [7, 11) is 3.04. The van der Waals surface area contributed by atoms with Crippen molar-refractivity contribution in [2.24, 2.45) is 14.1 Å². The van der Waals surface area contributed by atoms with Gasteiger partial charge in [-0.15, -0.1) is 0 Å². The van der Waals surface area contributed by atoms with Gasteiger partial charge in [0.2, 0.25) is 0 Å². The molecule has 0 aliphatic heterocycles. The molecule has 0 aliphatic carbocycles. The Balaban J connectivity index is 1.62. The first-order valence-corrected chi connectivity index (χ1v) is 10.4. The van der Waals surface area contributed by atoms with Gasteiger partial charge in [0, 0.05) is 37.1 Å². The lowest BCUT2D eigenvalue weighted by Crippen LogP contribution is -2.37. The van der Waals surface area contributed by atoms with Crippen LogP contribution in [0.25, 0.3) is 11.2 Å². The molecule has 0 radical (unpaired) electrons. The first-order valence-electron chi connectivity index (χ1n) is 9.30. The maximum atomic E-state index is 12.7. The van der Waals surface area contributed by atoms with E-state index in [1.165, 1.54) is 11.6 Å². The monoisotopic (exact) mass is 466 g/mol. The van der Waals surface area contributed by atoms with Gasteiger partial charge in [-0.3, -0.25) is 18.7 Å². The van der Waals surface area contributed by atoms with E-state index in [9.17, 15) is 14.4 Å². The predicted molar refractivity (Wildman–Crippen MR) is 118 cm³/mol. The van der Waals surface area contributed by atoms with E-state index in [1.54, 1.807) is 30.1 Å². The fourth-order valence-electron chi connectivity index (χ4n) is 3.39. The molecular weight excluding hydrogens is 448 g/mol. The van der Waals surface area contributed by atoms with Crippen LogP contribution in [0.3, 0.4) is 0 Å². The fourth-order valence-corrected chi connectivity index (χ4v) is 3.76. The molecule has 4 aromatic rings. The topological polar surface area (TPSA) is 78.9 Å². The van der Waals surface area contributed by atoms with Gasteiger partial charge in [-0.1, -0.05) is 64.5 Å². The molecule has 0 unspecified atom stereocenters. The SMILES string of the molecule is Cn1c(=O)c2c(ncn2Cc2ccc(C(=O)c3ccc(CBr)cc3)cc2)n(C)c1=O. The van der Waals surface area contributed by atoms with Crippen molar-refractivity contribution in [2.45, 2.75) is 11.9 Å². The molecule has 8 heteroatoms. The number of carbonyl (C=O) groups is 1.